The molecule has 0 aromatic heterocycles. The third-order valence-corrected chi connectivity index (χ3v) is 7.64. The molecule has 2 heterocycles. The average Bonchev–Trinajstić information content (AvgIpc) is 2.50. The van der Waals surface area contributed by atoms with Gasteiger partial charge in [0.1, 0.15) is 6.10 Å². The molecule has 2 aliphatic rings. The lowest BCUT2D eigenvalue weighted by Gasteiger charge is -2.63. The van der Waals surface area contributed by atoms with Crippen LogP contribution in [0.1, 0.15) is 87.0 Å². The first-order valence-corrected chi connectivity index (χ1v) is 11.2. The van der Waals surface area contributed by atoms with E-state index in [1.807, 2.05) is 0 Å². The van der Waals surface area contributed by atoms with Crippen molar-refractivity contribution >= 4 is 5.97 Å². The second-order valence-electron chi connectivity index (χ2n) is 11.0. The van der Waals surface area contributed by atoms with E-state index in [-0.39, 0.29) is 35.4 Å². The highest BCUT2D eigenvalue weighted by Gasteiger charge is 2.62. The molecule has 6 nitrogen and oxygen atoms in total. The zero-order valence-electron chi connectivity index (χ0n) is 20.1. The van der Waals surface area contributed by atoms with Crippen LogP contribution in [0.3, 0.4) is 0 Å². The second kappa shape index (κ2) is 8.45. The summed E-state index contributed by atoms with van der Waals surface area (Å²) in [6, 6.07) is 0. The Labute approximate surface area is 177 Å². The van der Waals surface area contributed by atoms with Gasteiger partial charge in [-0.25, -0.2) is 0 Å². The number of hydrogen-bond donors (Lipinski definition) is 1. The van der Waals surface area contributed by atoms with Crippen LogP contribution in [0.2, 0.25) is 0 Å². The number of hydrogen-bond acceptors (Lipinski definition) is 5. The highest BCUT2D eigenvalue weighted by atomic mass is 16.7. The summed E-state index contributed by atoms with van der Waals surface area (Å²) in [7, 11) is 4.59. The number of ether oxygens (including phenoxy) is 3. The average molecular weight is 415 g/mol. The Kier molecular flexibility index (Phi) is 7.16. The molecule has 0 bridgehead atoms. The lowest BCUT2D eigenvalue weighted by molar-refractivity contribution is -0.991. The topological polar surface area (TPSA) is 65.0 Å². The van der Waals surface area contributed by atoms with E-state index in [0.29, 0.717) is 12.8 Å². The van der Waals surface area contributed by atoms with Crippen molar-refractivity contribution in [2.75, 3.05) is 14.1 Å². The van der Waals surface area contributed by atoms with E-state index >= 15 is 0 Å². The third-order valence-electron chi connectivity index (χ3n) is 7.64. The molecule has 4 atom stereocenters. The van der Waals surface area contributed by atoms with Crippen molar-refractivity contribution in [3.63, 3.8) is 0 Å². The van der Waals surface area contributed by atoms with Crippen LogP contribution in [-0.4, -0.2) is 70.9 Å². The summed E-state index contributed by atoms with van der Waals surface area (Å²) in [5.41, 5.74) is -0.0341. The quantitative estimate of drug-likeness (QED) is 0.529. The van der Waals surface area contributed by atoms with Crippen LogP contribution in [0.15, 0.2) is 0 Å². The number of quaternary nitrogens is 1. The summed E-state index contributed by atoms with van der Waals surface area (Å²) in [6.07, 6.45) is 3.55. The molecule has 4 unspecified atom stereocenters. The van der Waals surface area contributed by atoms with Crippen LogP contribution >= 0.6 is 0 Å². The van der Waals surface area contributed by atoms with Gasteiger partial charge in [-0.2, -0.15) is 0 Å². The minimum absolute atomic E-state index is 0.0170. The van der Waals surface area contributed by atoms with Crippen molar-refractivity contribution in [2.24, 2.45) is 0 Å². The third kappa shape index (κ3) is 5.33. The number of carbonyl (C=O) groups excluding carboxylic acids is 1. The largest absolute Gasteiger partial charge is 0.462 e. The van der Waals surface area contributed by atoms with Crippen LogP contribution in [0, 0.1) is 0 Å². The van der Waals surface area contributed by atoms with Gasteiger partial charge in [0.25, 0.3) is 0 Å². The molecule has 0 saturated carbocycles. The Hall–Kier alpha value is -0.690. The van der Waals surface area contributed by atoms with Gasteiger partial charge in [0.15, 0.2) is 5.79 Å². The molecule has 1 N–H and O–H groups in total. The van der Waals surface area contributed by atoms with Gasteiger partial charge in [-0.15, -0.1) is 0 Å². The van der Waals surface area contributed by atoms with Crippen molar-refractivity contribution in [3.8, 4) is 0 Å². The Morgan fingerprint density at radius 3 is 2.10 bits per heavy atom. The first kappa shape index (κ1) is 24.6. The summed E-state index contributed by atoms with van der Waals surface area (Å²) in [4.78, 5) is 11.6. The fourth-order valence-electron chi connectivity index (χ4n) is 5.28. The zero-order chi connectivity index (χ0) is 22.3. The molecule has 0 aromatic carbocycles. The Morgan fingerprint density at radius 2 is 1.66 bits per heavy atom. The molecule has 2 aliphatic heterocycles. The van der Waals surface area contributed by atoms with Gasteiger partial charge in [-0.05, 0) is 41.0 Å². The smallest absolute Gasteiger partial charge is 0.302 e. The summed E-state index contributed by atoms with van der Waals surface area (Å²) in [5.74, 6) is -0.945. The first-order valence-electron chi connectivity index (χ1n) is 11.2. The van der Waals surface area contributed by atoms with Crippen LogP contribution in [0.4, 0.5) is 0 Å². The maximum Gasteiger partial charge on any atom is 0.302 e. The molecule has 6 heteroatoms. The van der Waals surface area contributed by atoms with Crippen molar-refractivity contribution in [1.82, 2.24) is 0 Å². The number of piperidine rings is 1. The highest BCUT2D eigenvalue weighted by Crippen LogP contribution is 2.51. The number of esters is 1. The number of nitrogens with zero attached hydrogens (tertiary/aromatic N) is 1. The Morgan fingerprint density at radius 1 is 1.14 bits per heavy atom. The standard InChI is InChI=1S/C23H44NO5/c1-10-18-12-20(13-19(11-16(2)25)27-17(3)26)29-23(28-18)14-21(4,5)24(8,9)22(6,7)15-23/h16,18-20,25H,10-15H2,1-9H3/q+1. The van der Waals surface area contributed by atoms with Gasteiger partial charge in [0.2, 0.25) is 0 Å². The van der Waals surface area contributed by atoms with E-state index in [2.05, 4.69) is 48.7 Å². The predicted molar refractivity (Wildman–Crippen MR) is 113 cm³/mol. The molecular weight excluding hydrogens is 370 g/mol. The lowest BCUT2D eigenvalue weighted by Crippen LogP contribution is -2.75. The maximum atomic E-state index is 11.6. The zero-order valence-corrected chi connectivity index (χ0v) is 20.1. The molecule has 0 aromatic rings. The first-order chi connectivity index (χ1) is 13.1. The van der Waals surface area contributed by atoms with E-state index in [1.54, 1.807) is 6.92 Å². The van der Waals surface area contributed by atoms with E-state index in [4.69, 9.17) is 14.2 Å². The molecule has 0 radical (unpaired) electrons. The summed E-state index contributed by atoms with van der Waals surface area (Å²) in [5, 5.41) is 9.84. The van der Waals surface area contributed by atoms with Crippen molar-refractivity contribution in [3.05, 3.63) is 0 Å². The maximum absolute atomic E-state index is 11.6. The highest BCUT2D eigenvalue weighted by molar-refractivity contribution is 5.66. The summed E-state index contributed by atoms with van der Waals surface area (Å²) >= 11 is 0. The van der Waals surface area contributed by atoms with Crippen molar-refractivity contribution in [2.45, 2.75) is 128 Å². The number of likely N-dealkylation sites (tertiary alicyclic amines) is 1. The fraction of sp³-hybridized carbons (Fsp3) is 0.957. The van der Waals surface area contributed by atoms with Crippen LogP contribution in [0.25, 0.3) is 0 Å². The molecular formula is C23H44NO5+. The van der Waals surface area contributed by atoms with Gasteiger partial charge in [-0.3, -0.25) is 4.79 Å². The predicted octanol–water partition coefficient (Wildman–Crippen LogP) is 3.79. The fourth-order valence-corrected chi connectivity index (χ4v) is 5.28. The minimum atomic E-state index is -0.629. The number of aliphatic hydroxyl groups is 1. The number of aliphatic hydroxyl groups excluding tert-OH is 1. The van der Waals surface area contributed by atoms with Crippen LogP contribution in [-0.2, 0) is 19.0 Å². The second-order valence-corrected chi connectivity index (χ2v) is 11.0. The van der Waals surface area contributed by atoms with Gasteiger partial charge < -0.3 is 23.8 Å². The number of rotatable bonds is 6. The SMILES string of the molecule is CCC1CC(CC(CC(C)O)OC(C)=O)OC2(CC(C)(C)[N+](C)(C)C(C)(C)C2)O1. The molecule has 2 saturated heterocycles. The van der Waals surface area contributed by atoms with E-state index in [0.717, 1.165) is 30.2 Å². The van der Waals surface area contributed by atoms with E-state index in [9.17, 15) is 9.90 Å². The molecule has 2 fully saturated rings. The summed E-state index contributed by atoms with van der Waals surface area (Å²) < 4.78 is 19.7. The molecule has 0 aliphatic carbocycles. The van der Waals surface area contributed by atoms with Crippen LogP contribution in [0.5, 0.6) is 0 Å². The van der Waals surface area contributed by atoms with Gasteiger partial charge in [-0.1, -0.05) is 6.92 Å². The molecule has 170 valence electrons. The summed E-state index contributed by atoms with van der Waals surface area (Å²) in [6.45, 7) is 14.5. The number of carbonyl (C=O) groups is 1. The normalized spacial score (nSPS) is 31.8. The van der Waals surface area contributed by atoms with Crippen LogP contribution < -0.4 is 0 Å². The van der Waals surface area contributed by atoms with Crippen molar-refractivity contribution in [1.29, 1.82) is 0 Å². The molecule has 0 amide bonds. The molecule has 29 heavy (non-hydrogen) atoms. The lowest BCUT2D eigenvalue weighted by atomic mass is 9.73. The molecule has 2 rings (SSSR count). The Bertz CT molecular complexity index is 564. The van der Waals surface area contributed by atoms with E-state index in [1.165, 1.54) is 6.92 Å². The minimum Gasteiger partial charge on any atom is -0.462 e. The van der Waals surface area contributed by atoms with Gasteiger partial charge in [0.05, 0.1) is 56.3 Å². The Balaban J connectivity index is 2.27. The van der Waals surface area contributed by atoms with Gasteiger partial charge in [0, 0.05) is 26.2 Å². The molecule has 1 spiro atoms. The van der Waals surface area contributed by atoms with E-state index < -0.39 is 11.9 Å². The van der Waals surface area contributed by atoms with Crippen molar-refractivity contribution < 1.29 is 28.6 Å². The monoisotopic (exact) mass is 414 g/mol. The van der Waals surface area contributed by atoms with Gasteiger partial charge >= 0.3 is 5.97 Å².